The van der Waals surface area contributed by atoms with Gasteiger partial charge in [-0.15, -0.1) is 0 Å². The Hall–Kier alpha value is -3.02. The van der Waals surface area contributed by atoms with Crippen LogP contribution in [0.15, 0.2) is 151 Å². The van der Waals surface area contributed by atoms with Gasteiger partial charge in [-0.05, 0) is 99.9 Å². The normalized spacial score (nSPS) is 11.3. The summed E-state index contributed by atoms with van der Waals surface area (Å²) in [7, 11) is 0. The molecular weight excluding hydrogens is 776 g/mol. The molecule has 0 nitrogen and oxygen atoms in total. The van der Waals surface area contributed by atoms with E-state index in [1.165, 1.54) is 21.5 Å². The highest BCUT2D eigenvalue weighted by atomic mass is 79.9. The predicted octanol–water partition coefficient (Wildman–Crippen LogP) is 13.7. The Morgan fingerprint density at radius 2 is 0.619 bits per heavy atom. The van der Waals surface area contributed by atoms with Crippen LogP contribution in [0, 0.1) is 0 Å². The molecule has 0 radical (unpaired) electrons. The molecule has 7 aromatic carbocycles. The van der Waals surface area contributed by atoms with Gasteiger partial charge < -0.3 is 0 Å². The number of hydrogen-bond acceptors (Lipinski definition) is 0. The largest absolute Gasteiger partial charge is 0.0622 e. The molecule has 0 aromatic heterocycles. The van der Waals surface area contributed by atoms with Crippen molar-refractivity contribution in [3.8, 4) is 44.5 Å². The Labute approximate surface area is 278 Å². The van der Waals surface area contributed by atoms with Gasteiger partial charge in [-0.1, -0.05) is 141 Å². The Morgan fingerprint density at radius 3 is 0.976 bits per heavy atom. The third-order valence-corrected chi connectivity index (χ3v) is 10.6. The summed E-state index contributed by atoms with van der Waals surface area (Å²) in [4.78, 5) is 0. The molecule has 0 fully saturated rings. The summed E-state index contributed by atoms with van der Waals surface area (Å²) in [6.45, 7) is 0. The van der Waals surface area contributed by atoms with Gasteiger partial charge in [0, 0.05) is 40.1 Å². The Balaban J connectivity index is 1.67. The van der Waals surface area contributed by atoms with Crippen molar-refractivity contribution in [3.63, 3.8) is 0 Å². The number of halogens is 4. The molecule has 0 heterocycles. The molecule has 0 saturated heterocycles. The van der Waals surface area contributed by atoms with Crippen LogP contribution in [-0.4, -0.2) is 0 Å². The molecule has 0 saturated carbocycles. The van der Waals surface area contributed by atoms with Crippen LogP contribution in [0.25, 0.3) is 66.1 Å². The first kappa shape index (κ1) is 27.8. The maximum atomic E-state index is 4.20. The average Bonchev–Trinajstić information content (AvgIpc) is 3.02. The number of benzene rings is 7. The van der Waals surface area contributed by atoms with Gasteiger partial charge in [0.2, 0.25) is 0 Å². The molecule has 0 bridgehead atoms. The minimum atomic E-state index is 1.04. The van der Waals surface area contributed by atoms with Crippen LogP contribution in [0.5, 0.6) is 0 Å². The molecule has 42 heavy (non-hydrogen) atoms. The number of hydrogen-bond donors (Lipinski definition) is 0. The number of rotatable bonds is 4. The topological polar surface area (TPSA) is 0 Å². The van der Waals surface area contributed by atoms with Crippen molar-refractivity contribution in [2.75, 3.05) is 0 Å². The molecule has 0 spiro atoms. The van der Waals surface area contributed by atoms with Gasteiger partial charge >= 0.3 is 0 Å². The van der Waals surface area contributed by atoms with Gasteiger partial charge in [-0.2, -0.15) is 0 Å². The summed E-state index contributed by atoms with van der Waals surface area (Å²) in [6.07, 6.45) is 0. The van der Waals surface area contributed by atoms with Crippen LogP contribution in [0.4, 0.5) is 0 Å². The van der Waals surface area contributed by atoms with Gasteiger partial charge in [-0.25, -0.2) is 0 Å². The van der Waals surface area contributed by atoms with E-state index in [2.05, 4.69) is 197 Å². The maximum absolute atomic E-state index is 4.20. The van der Waals surface area contributed by atoms with E-state index in [-0.39, 0.29) is 0 Å². The Bertz CT molecular complexity index is 1960. The molecule has 0 N–H and O–H groups in total. The van der Waals surface area contributed by atoms with Gasteiger partial charge in [0.25, 0.3) is 0 Å². The lowest BCUT2D eigenvalue weighted by Gasteiger charge is -2.25. The van der Waals surface area contributed by atoms with Crippen LogP contribution in [0.1, 0.15) is 0 Å². The zero-order valence-electron chi connectivity index (χ0n) is 22.2. The van der Waals surface area contributed by atoms with E-state index in [1.807, 2.05) is 0 Å². The molecule has 0 aliphatic carbocycles. The minimum absolute atomic E-state index is 1.04. The summed E-state index contributed by atoms with van der Waals surface area (Å²) >= 11 is 16.3. The SMILES string of the molecule is Brc1cc2ccccc2cc1-c1c(Br)c(-c2ccccc2)c(-c2cc3ccccc3cc2Br)c(Br)c1-c1ccccc1. The van der Waals surface area contributed by atoms with E-state index >= 15 is 0 Å². The second kappa shape index (κ2) is 11.6. The quantitative estimate of drug-likeness (QED) is 0.166. The van der Waals surface area contributed by atoms with Crippen LogP contribution < -0.4 is 0 Å². The van der Waals surface area contributed by atoms with Crippen LogP contribution in [0.2, 0.25) is 0 Å². The summed E-state index contributed by atoms with van der Waals surface area (Å²) in [5.74, 6) is 0. The van der Waals surface area contributed by atoms with Crippen LogP contribution in [-0.2, 0) is 0 Å². The second-order valence-electron chi connectivity index (χ2n) is 10.2. The van der Waals surface area contributed by atoms with E-state index in [0.29, 0.717) is 0 Å². The third-order valence-electron chi connectivity index (χ3n) is 7.71. The lowest BCUT2D eigenvalue weighted by atomic mass is 9.85. The molecule has 202 valence electrons. The molecule has 0 amide bonds. The van der Waals surface area contributed by atoms with Crippen molar-refractivity contribution in [2.24, 2.45) is 0 Å². The molecule has 7 aromatic rings. The van der Waals surface area contributed by atoms with Crippen molar-refractivity contribution >= 4 is 85.3 Å². The standard InChI is InChI=1S/C38H22Br4/c39-31-21-27-17-9-7-15-25(27)19-29(31)35-33(23-11-3-1-4-12-23)37(41)36(34(38(35)42)24-13-5-2-6-14-24)30-20-26-16-8-10-18-28(26)22-32(30)40/h1-22H. The van der Waals surface area contributed by atoms with E-state index in [1.54, 1.807) is 0 Å². The van der Waals surface area contributed by atoms with Gasteiger partial charge in [0.15, 0.2) is 0 Å². The summed E-state index contributed by atoms with van der Waals surface area (Å²) in [5.41, 5.74) is 9.05. The number of fused-ring (bicyclic) bond motifs is 2. The van der Waals surface area contributed by atoms with Gasteiger partial charge in [0.05, 0.1) is 0 Å². The lowest BCUT2D eigenvalue weighted by Crippen LogP contribution is -1.98. The molecule has 7 rings (SSSR count). The van der Waals surface area contributed by atoms with Crippen molar-refractivity contribution in [1.29, 1.82) is 0 Å². The Morgan fingerprint density at radius 1 is 0.310 bits per heavy atom. The fraction of sp³-hybridized carbons (Fsp3) is 0. The Kier molecular flexibility index (Phi) is 7.66. The van der Waals surface area contributed by atoms with Crippen molar-refractivity contribution in [2.45, 2.75) is 0 Å². The van der Waals surface area contributed by atoms with Crippen molar-refractivity contribution in [1.82, 2.24) is 0 Å². The van der Waals surface area contributed by atoms with Crippen molar-refractivity contribution < 1.29 is 0 Å². The molecule has 0 unspecified atom stereocenters. The molecular formula is C38H22Br4. The second-order valence-corrected chi connectivity index (χ2v) is 13.5. The highest BCUT2D eigenvalue weighted by Crippen LogP contribution is 2.55. The first-order valence-electron chi connectivity index (χ1n) is 13.5. The van der Waals surface area contributed by atoms with E-state index in [0.717, 1.165) is 62.4 Å². The fourth-order valence-corrected chi connectivity index (χ4v) is 8.55. The van der Waals surface area contributed by atoms with Gasteiger partial charge in [-0.3, -0.25) is 0 Å². The monoisotopic (exact) mass is 794 g/mol. The fourth-order valence-electron chi connectivity index (χ4n) is 5.75. The molecule has 0 aliphatic heterocycles. The van der Waals surface area contributed by atoms with Gasteiger partial charge in [0.1, 0.15) is 0 Å². The van der Waals surface area contributed by atoms with Crippen LogP contribution >= 0.6 is 63.7 Å². The molecule has 0 atom stereocenters. The highest BCUT2D eigenvalue weighted by molar-refractivity contribution is 9.11. The smallest absolute Gasteiger partial charge is 0.0345 e. The lowest BCUT2D eigenvalue weighted by molar-refractivity contribution is 1.49. The average molecular weight is 798 g/mol. The third kappa shape index (κ3) is 4.89. The zero-order chi connectivity index (χ0) is 28.8. The minimum Gasteiger partial charge on any atom is -0.0622 e. The summed E-state index contributed by atoms with van der Waals surface area (Å²) < 4.78 is 4.18. The van der Waals surface area contributed by atoms with Crippen LogP contribution in [0.3, 0.4) is 0 Å². The molecule has 4 heteroatoms. The summed E-state index contributed by atoms with van der Waals surface area (Å²) in [6, 6.07) is 47.3. The molecule has 0 aliphatic rings. The first-order chi connectivity index (χ1) is 20.5. The van der Waals surface area contributed by atoms with E-state index in [4.69, 9.17) is 0 Å². The summed E-state index contributed by atoms with van der Waals surface area (Å²) in [5, 5.41) is 4.79. The maximum Gasteiger partial charge on any atom is 0.0345 e. The van der Waals surface area contributed by atoms with Crippen molar-refractivity contribution in [3.05, 3.63) is 151 Å². The first-order valence-corrected chi connectivity index (χ1v) is 16.7. The predicted molar refractivity (Wildman–Crippen MR) is 194 cm³/mol. The van der Waals surface area contributed by atoms with E-state index < -0.39 is 0 Å². The highest BCUT2D eigenvalue weighted by Gasteiger charge is 2.27. The van der Waals surface area contributed by atoms with E-state index in [9.17, 15) is 0 Å². The zero-order valence-corrected chi connectivity index (χ0v) is 28.6.